The van der Waals surface area contributed by atoms with Crippen molar-refractivity contribution in [1.82, 2.24) is 29.5 Å². The highest BCUT2D eigenvalue weighted by atomic mass is 32.1. The van der Waals surface area contributed by atoms with E-state index in [0.29, 0.717) is 33.9 Å². The molecule has 0 bridgehead atoms. The number of hydrogen-bond donors (Lipinski definition) is 1. The summed E-state index contributed by atoms with van der Waals surface area (Å²) in [7, 11) is 0. The monoisotopic (exact) mass is 481 g/mol. The Hall–Kier alpha value is -2.60. The van der Waals surface area contributed by atoms with E-state index in [1.165, 1.54) is 17.8 Å². The van der Waals surface area contributed by atoms with Crippen LogP contribution < -0.4 is 5.32 Å². The highest BCUT2D eigenvalue weighted by Gasteiger charge is 2.37. The quantitative estimate of drug-likeness (QED) is 0.595. The van der Waals surface area contributed by atoms with Crippen LogP contribution in [0.1, 0.15) is 48.7 Å². The number of nitrogens with one attached hydrogen (secondary N) is 1. The van der Waals surface area contributed by atoms with E-state index in [0.717, 1.165) is 29.8 Å². The Morgan fingerprint density at radius 2 is 1.88 bits per heavy atom. The second-order valence-electron chi connectivity index (χ2n) is 8.92. The van der Waals surface area contributed by atoms with E-state index in [1.807, 2.05) is 5.38 Å². The van der Waals surface area contributed by atoms with Crippen LogP contribution in [0.25, 0.3) is 5.78 Å². The number of fused-ring (bicyclic) bond motifs is 1. The summed E-state index contributed by atoms with van der Waals surface area (Å²) in [6, 6.07) is 0. The van der Waals surface area contributed by atoms with Crippen LogP contribution in [0, 0.1) is 25.7 Å². The standard InChI is InChI=1S/C21H26F3N7OS/c1-11-5-12(2)8-30(7-11)9-15-10-33-20(26-15)27-17(32)6-16-13(3)25-19-28-18(21(22,23)24)29-31(19)14(16)4/h10-12H,5-9H2,1-4H3,(H,26,27,32). The largest absolute Gasteiger partial charge is 0.453 e. The minimum Gasteiger partial charge on any atom is -0.302 e. The van der Waals surface area contributed by atoms with E-state index in [9.17, 15) is 18.0 Å². The Balaban J connectivity index is 1.44. The molecule has 4 rings (SSSR count). The van der Waals surface area contributed by atoms with Crippen LogP contribution in [-0.2, 0) is 23.9 Å². The summed E-state index contributed by atoms with van der Waals surface area (Å²) in [4.78, 5) is 27.2. The number of carbonyl (C=O) groups excluding carboxylic acids is 1. The van der Waals surface area contributed by atoms with E-state index in [-0.39, 0.29) is 18.1 Å². The molecule has 33 heavy (non-hydrogen) atoms. The van der Waals surface area contributed by atoms with Crippen LogP contribution in [0.4, 0.5) is 18.3 Å². The second kappa shape index (κ2) is 8.98. The number of anilines is 1. The summed E-state index contributed by atoms with van der Waals surface area (Å²) in [6.07, 6.45) is -3.49. The van der Waals surface area contributed by atoms with Crippen molar-refractivity contribution in [3.63, 3.8) is 0 Å². The number of halogens is 3. The van der Waals surface area contributed by atoms with E-state index >= 15 is 0 Å². The molecule has 12 heteroatoms. The number of carbonyl (C=O) groups is 1. The number of hydrogen-bond acceptors (Lipinski definition) is 7. The van der Waals surface area contributed by atoms with Crippen LogP contribution in [-0.4, -0.2) is 48.5 Å². The van der Waals surface area contributed by atoms with Gasteiger partial charge in [0.15, 0.2) is 5.13 Å². The van der Waals surface area contributed by atoms with Crippen molar-refractivity contribution >= 4 is 28.2 Å². The molecular formula is C21H26F3N7OS. The smallest absolute Gasteiger partial charge is 0.302 e. The highest BCUT2D eigenvalue weighted by molar-refractivity contribution is 7.13. The van der Waals surface area contributed by atoms with Gasteiger partial charge in [-0.25, -0.2) is 14.5 Å². The van der Waals surface area contributed by atoms with E-state index in [2.05, 4.69) is 44.1 Å². The number of amides is 1. The Bertz CT molecular complexity index is 1160. The van der Waals surface area contributed by atoms with Gasteiger partial charge < -0.3 is 5.32 Å². The number of aryl methyl sites for hydroxylation is 2. The first-order chi connectivity index (χ1) is 15.5. The zero-order valence-electron chi connectivity index (χ0n) is 18.9. The molecule has 0 saturated carbocycles. The van der Waals surface area contributed by atoms with Gasteiger partial charge in [0, 0.05) is 42.0 Å². The van der Waals surface area contributed by atoms with Crippen LogP contribution in [0.15, 0.2) is 5.38 Å². The fourth-order valence-electron chi connectivity index (χ4n) is 4.50. The number of alkyl halides is 3. The molecule has 1 N–H and O–H groups in total. The Labute approximate surface area is 193 Å². The van der Waals surface area contributed by atoms with Gasteiger partial charge in [0.25, 0.3) is 11.6 Å². The van der Waals surface area contributed by atoms with Gasteiger partial charge in [0.05, 0.1) is 12.1 Å². The highest BCUT2D eigenvalue weighted by Crippen LogP contribution is 2.27. The lowest BCUT2D eigenvalue weighted by molar-refractivity contribution is -0.144. The molecule has 1 aliphatic rings. The molecule has 3 aromatic heterocycles. The zero-order valence-corrected chi connectivity index (χ0v) is 19.7. The third kappa shape index (κ3) is 5.32. The molecule has 0 aromatic carbocycles. The number of likely N-dealkylation sites (tertiary alicyclic amines) is 1. The number of aromatic nitrogens is 5. The average molecular weight is 482 g/mol. The maximum absolute atomic E-state index is 13.0. The Kier molecular flexibility index (Phi) is 6.41. The SMILES string of the molecule is Cc1nc2nc(C(F)(F)F)nn2c(C)c1CC(=O)Nc1nc(CN2CC(C)CC(C)C2)cs1. The molecule has 2 atom stereocenters. The first-order valence-corrected chi connectivity index (χ1v) is 11.6. The van der Waals surface area contributed by atoms with Crippen molar-refractivity contribution in [2.75, 3.05) is 18.4 Å². The van der Waals surface area contributed by atoms with Gasteiger partial charge in [0.2, 0.25) is 5.91 Å². The van der Waals surface area contributed by atoms with Gasteiger partial charge in [-0.1, -0.05) is 13.8 Å². The minimum atomic E-state index is -4.67. The van der Waals surface area contributed by atoms with Crippen molar-refractivity contribution in [3.05, 3.63) is 33.8 Å². The number of nitrogens with zero attached hydrogens (tertiary/aromatic N) is 6. The minimum absolute atomic E-state index is 0.0577. The van der Waals surface area contributed by atoms with Crippen molar-refractivity contribution in [2.24, 2.45) is 11.8 Å². The fourth-order valence-corrected chi connectivity index (χ4v) is 5.21. The first-order valence-electron chi connectivity index (χ1n) is 10.8. The van der Waals surface area contributed by atoms with E-state index in [4.69, 9.17) is 0 Å². The predicted octanol–water partition coefficient (Wildman–Crippen LogP) is 3.88. The molecule has 0 aliphatic carbocycles. The lowest BCUT2D eigenvalue weighted by Gasteiger charge is -2.34. The molecule has 0 spiro atoms. The molecule has 1 saturated heterocycles. The summed E-state index contributed by atoms with van der Waals surface area (Å²) in [5, 5.41) is 8.75. The number of rotatable bonds is 5. The number of thiazole rings is 1. The molecule has 1 fully saturated rings. The van der Waals surface area contributed by atoms with Crippen LogP contribution in [0.2, 0.25) is 0 Å². The maximum Gasteiger partial charge on any atom is 0.453 e. The van der Waals surface area contributed by atoms with Crippen molar-refractivity contribution < 1.29 is 18.0 Å². The molecule has 0 radical (unpaired) electrons. The van der Waals surface area contributed by atoms with Gasteiger partial charge in [-0.2, -0.15) is 18.2 Å². The van der Waals surface area contributed by atoms with E-state index < -0.39 is 12.0 Å². The second-order valence-corrected chi connectivity index (χ2v) is 9.77. The summed E-state index contributed by atoms with van der Waals surface area (Å²) >= 11 is 1.36. The van der Waals surface area contributed by atoms with Gasteiger partial charge in [-0.3, -0.25) is 9.69 Å². The molecular weight excluding hydrogens is 455 g/mol. The lowest BCUT2D eigenvalue weighted by Crippen LogP contribution is -2.38. The maximum atomic E-state index is 13.0. The normalized spacial score (nSPS) is 19.8. The van der Waals surface area contributed by atoms with Gasteiger partial charge >= 0.3 is 6.18 Å². The van der Waals surface area contributed by atoms with Gasteiger partial charge in [-0.15, -0.1) is 16.4 Å². The fraction of sp³-hybridized carbons (Fsp3) is 0.571. The third-order valence-corrected chi connectivity index (χ3v) is 6.57. The Morgan fingerprint density at radius 3 is 2.55 bits per heavy atom. The van der Waals surface area contributed by atoms with Crippen molar-refractivity contribution in [3.8, 4) is 0 Å². The molecule has 1 aliphatic heterocycles. The predicted molar refractivity (Wildman–Crippen MR) is 118 cm³/mol. The van der Waals surface area contributed by atoms with E-state index in [1.54, 1.807) is 13.8 Å². The van der Waals surface area contributed by atoms with Crippen molar-refractivity contribution in [2.45, 2.75) is 53.3 Å². The zero-order chi connectivity index (χ0) is 23.9. The average Bonchev–Trinajstić information content (AvgIpc) is 3.31. The molecule has 3 aromatic rings. The first kappa shape index (κ1) is 23.6. The molecule has 2 unspecified atom stereocenters. The summed E-state index contributed by atoms with van der Waals surface area (Å²) in [6.45, 7) is 10.6. The van der Waals surface area contributed by atoms with Crippen LogP contribution in [0.5, 0.6) is 0 Å². The van der Waals surface area contributed by atoms with Gasteiger partial charge in [-0.05, 0) is 32.1 Å². The topological polar surface area (TPSA) is 88.3 Å². The molecule has 178 valence electrons. The summed E-state index contributed by atoms with van der Waals surface area (Å²) in [5.74, 6) is -0.415. The van der Waals surface area contributed by atoms with Crippen molar-refractivity contribution in [1.29, 1.82) is 0 Å². The lowest BCUT2D eigenvalue weighted by atomic mass is 9.92. The Morgan fingerprint density at radius 1 is 1.18 bits per heavy atom. The van der Waals surface area contributed by atoms with Crippen LogP contribution >= 0.6 is 11.3 Å². The third-order valence-electron chi connectivity index (χ3n) is 5.77. The molecule has 4 heterocycles. The molecule has 8 nitrogen and oxygen atoms in total. The van der Waals surface area contributed by atoms with Gasteiger partial charge in [0.1, 0.15) is 0 Å². The summed E-state index contributed by atoms with van der Waals surface area (Å²) < 4.78 is 39.9. The summed E-state index contributed by atoms with van der Waals surface area (Å²) in [5.41, 5.74) is 2.24. The van der Waals surface area contributed by atoms with Crippen LogP contribution in [0.3, 0.4) is 0 Å². The number of piperidine rings is 1. The molecule has 1 amide bonds.